The van der Waals surface area contributed by atoms with Crippen LogP contribution in [0.5, 0.6) is 0 Å². The van der Waals surface area contributed by atoms with Gasteiger partial charge in [-0.2, -0.15) is 0 Å². The molecule has 1 fully saturated rings. The summed E-state index contributed by atoms with van der Waals surface area (Å²) in [5.41, 5.74) is 1.41. The van der Waals surface area contributed by atoms with Crippen molar-refractivity contribution >= 4 is 46.6 Å². The molecule has 1 heterocycles. The molecule has 6 nitrogen and oxygen atoms in total. The number of piperidine rings is 1. The molecule has 0 aromatic heterocycles. The van der Waals surface area contributed by atoms with Crippen LogP contribution in [0.25, 0.3) is 5.57 Å². The first-order chi connectivity index (χ1) is 12.7. The zero-order valence-corrected chi connectivity index (χ0v) is 16.7. The van der Waals surface area contributed by atoms with E-state index < -0.39 is 12.0 Å². The zero-order valence-electron chi connectivity index (χ0n) is 15.2. The Morgan fingerprint density at radius 2 is 1.89 bits per heavy atom. The molecular weight excluding hydrogens is 391 g/mol. The van der Waals surface area contributed by atoms with Gasteiger partial charge in [0.05, 0.1) is 10.0 Å². The Bertz CT molecular complexity index is 771. The number of likely N-dealkylation sites (tertiary alicyclic amines) is 1. The number of carboxylic acids is 1. The summed E-state index contributed by atoms with van der Waals surface area (Å²) >= 11 is 12.2. The van der Waals surface area contributed by atoms with E-state index in [4.69, 9.17) is 28.3 Å². The number of carbonyl (C=O) groups is 3. The molecule has 1 aliphatic rings. The molecule has 2 rings (SSSR count). The van der Waals surface area contributed by atoms with E-state index in [0.717, 1.165) is 0 Å². The van der Waals surface area contributed by atoms with Crippen molar-refractivity contribution in [2.24, 2.45) is 5.92 Å². The van der Waals surface area contributed by atoms with Gasteiger partial charge in [0, 0.05) is 25.1 Å². The first-order valence-corrected chi connectivity index (χ1v) is 9.41. The molecule has 0 bridgehead atoms. The van der Waals surface area contributed by atoms with Crippen molar-refractivity contribution < 1.29 is 19.5 Å². The highest BCUT2D eigenvalue weighted by molar-refractivity contribution is 6.43. The number of aliphatic carboxylic acids is 1. The van der Waals surface area contributed by atoms with Gasteiger partial charge in [-0.1, -0.05) is 35.3 Å². The van der Waals surface area contributed by atoms with E-state index in [0.29, 0.717) is 47.1 Å². The number of halogens is 2. The minimum absolute atomic E-state index is 0.152. The monoisotopic (exact) mass is 412 g/mol. The molecular formula is C19H22Cl2N2O4. The summed E-state index contributed by atoms with van der Waals surface area (Å²) in [6, 6.07) is 4.33. The second kappa shape index (κ2) is 9.24. The van der Waals surface area contributed by atoms with Crippen LogP contribution in [0.15, 0.2) is 24.3 Å². The van der Waals surface area contributed by atoms with Gasteiger partial charge in [0.1, 0.15) is 6.04 Å². The first-order valence-electron chi connectivity index (χ1n) is 8.65. The zero-order chi connectivity index (χ0) is 20.1. The van der Waals surface area contributed by atoms with Gasteiger partial charge >= 0.3 is 5.97 Å². The fourth-order valence-electron chi connectivity index (χ4n) is 2.92. The highest BCUT2D eigenvalue weighted by Crippen LogP contribution is 2.30. The van der Waals surface area contributed by atoms with Gasteiger partial charge in [-0.25, -0.2) is 0 Å². The molecule has 1 aromatic carbocycles. The molecule has 146 valence electrons. The van der Waals surface area contributed by atoms with Crippen molar-refractivity contribution in [3.63, 3.8) is 0 Å². The highest BCUT2D eigenvalue weighted by atomic mass is 35.5. The number of hydrogen-bond acceptors (Lipinski definition) is 3. The minimum Gasteiger partial charge on any atom is -0.480 e. The molecule has 1 saturated heterocycles. The number of allylic oxidation sites excluding steroid dienone is 1. The fraction of sp³-hybridized carbons (Fsp3) is 0.421. The van der Waals surface area contributed by atoms with Crippen molar-refractivity contribution in [3.8, 4) is 0 Å². The number of hydrogen-bond donors (Lipinski definition) is 2. The Morgan fingerprint density at radius 3 is 2.48 bits per heavy atom. The molecule has 0 unspecified atom stereocenters. The Balaban J connectivity index is 1.95. The lowest BCUT2D eigenvalue weighted by molar-refractivity contribution is -0.142. The van der Waals surface area contributed by atoms with Gasteiger partial charge in [0.2, 0.25) is 11.8 Å². The van der Waals surface area contributed by atoms with Crippen LogP contribution in [0.3, 0.4) is 0 Å². The lowest BCUT2D eigenvalue weighted by atomic mass is 9.95. The molecule has 1 atom stereocenters. The maximum Gasteiger partial charge on any atom is 0.325 e. The molecule has 8 heteroatoms. The van der Waals surface area contributed by atoms with Gasteiger partial charge in [0.15, 0.2) is 0 Å². The summed E-state index contributed by atoms with van der Waals surface area (Å²) in [7, 11) is 0. The molecule has 2 N–H and O–H groups in total. The Labute approximate surface area is 168 Å². The third-order valence-electron chi connectivity index (χ3n) is 4.62. The third-order valence-corrected chi connectivity index (χ3v) is 5.44. The predicted octanol–water partition coefficient (Wildman–Crippen LogP) is 3.22. The smallest absolute Gasteiger partial charge is 0.325 e. The van der Waals surface area contributed by atoms with Crippen LogP contribution in [0.4, 0.5) is 0 Å². The summed E-state index contributed by atoms with van der Waals surface area (Å²) in [4.78, 5) is 37.1. The van der Waals surface area contributed by atoms with Crippen molar-refractivity contribution in [1.82, 2.24) is 10.2 Å². The third kappa shape index (κ3) is 5.47. The van der Waals surface area contributed by atoms with Crippen LogP contribution in [-0.4, -0.2) is 46.9 Å². The van der Waals surface area contributed by atoms with E-state index in [1.807, 2.05) is 0 Å². The van der Waals surface area contributed by atoms with Gasteiger partial charge in [0.25, 0.3) is 0 Å². The Kier molecular flexibility index (Phi) is 7.27. The lowest BCUT2D eigenvalue weighted by Crippen LogP contribution is -2.46. The summed E-state index contributed by atoms with van der Waals surface area (Å²) in [5, 5.41) is 12.2. The number of nitrogens with zero attached hydrogens (tertiary/aromatic N) is 1. The summed E-state index contributed by atoms with van der Waals surface area (Å²) < 4.78 is 0. The topological polar surface area (TPSA) is 86.7 Å². The van der Waals surface area contributed by atoms with Crippen LogP contribution < -0.4 is 5.32 Å². The SMILES string of the molecule is C/C(=C/C(=O)N1CCC(C(=O)N[C@@H](C)C(=O)O)CC1)c1cccc(Cl)c1Cl. The summed E-state index contributed by atoms with van der Waals surface area (Å²) in [6.45, 7) is 4.09. The average Bonchev–Trinajstić information content (AvgIpc) is 2.63. The number of rotatable bonds is 5. The maximum atomic E-state index is 12.5. The average molecular weight is 413 g/mol. The first kappa shape index (κ1) is 21.3. The van der Waals surface area contributed by atoms with Crippen molar-refractivity contribution in [1.29, 1.82) is 0 Å². The van der Waals surface area contributed by atoms with Crippen LogP contribution in [0, 0.1) is 5.92 Å². The summed E-state index contributed by atoms with van der Waals surface area (Å²) in [5.74, 6) is -1.80. The second-order valence-corrected chi connectivity index (χ2v) is 7.38. The molecule has 0 aliphatic carbocycles. The number of amides is 2. The molecule has 1 aliphatic heterocycles. The van der Waals surface area contributed by atoms with Gasteiger partial charge in [-0.15, -0.1) is 0 Å². The number of nitrogens with one attached hydrogen (secondary N) is 1. The standard InChI is InChI=1S/C19H22Cl2N2O4/c1-11(14-4-3-5-15(20)17(14)21)10-16(24)23-8-6-13(7-9-23)18(25)22-12(2)19(26)27/h3-5,10,12-13H,6-9H2,1-2H3,(H,22,25)(H,26,27)/b11-10-/t12-/m0/s1. The molecule has 1 aromatic rings. The van der Waals surface area contributed by atoms with E-state index in [9.17, 15) is 14.4 Å². The fourth-order valence-corrected chi connectivity index (χ4v) is 3.37. The van der Waals surface area contributed by atoms with Gasteiger partial charge < -0.3 is 15.3 Å². The largest absolute Gasteiger partial charge is 0.480 e. The highest BCUT2D eigenvalue weighted by Gasteiger charge is 2.28. The lowest BCUT2D eigenvalue weighted by Gasteiger charge is -2.31. The van der Waals surface area contributed by atoms with Gasteiger partial charge in [-0.05, 0) is 43.9 Å². The molecule has 27 heavy (non-hydrogen) atoms. The maximum absolute atomic E-state index is 12.5. The van der Waals surface area contributed by atoms with Crippen LogP contribution in [0.1, 0.15) is 32.3 Å². The normalized spacial score (nSPS) is 16.7. The van der Waals surface area contributed by atoms with Crippen LogP contribution in [0.2, 0.25) is 10.0 Å². The van der Waals surface area contributed by atoms with E-state index >= 15 is 0 Å². The molecule has 0 saturated carbocycles. The number of carbonyl (C=O) groups excluding carboxylic acids is 2. The number of benzene rings is 1. The predicted molar refractivity (Wildman–Crippen MR) is 105 cm³/mol. The Hall–Kier alpha value is -2.05. The van der Waals surface area contributed by atoms with Crippen molar-refractivity contribution in [2.45, 2.75) is 32.7 Å². The quantitative estimate of drug-likeness (QED) is 0.726. The van der Waals surface area contributed by atoms with Crippen molar-refractivity contribution in [2.75, 3.05) is 13.1 Å². The van der Waals surface area contributed by atoms with E-state index in [1.165, 1.54) is 13.0 Å². The van der Waals surface area contributed by atoms with Crippen LogP contribution >= 0.6 is 23.2 Å². The molecule has 0 spiro atoms. The minimum atomic E-state index is -1.07. The summed E-state index contributed by atoms with van der Waals surface area (Å²) in [6.07, 6.45) is 2.51. The second-order valence-electron chi connectivity index (χ2n) is 6.60. The molecule has 0 radical (unpaired) electrons. The van der Waals surface area contributed by atoms with E-state index in [-0.39, 0.29) is 17.7 Å². The van der Waals surface area contributed by atoms with Crippen molar-refractivity contribution in [3.05, 3.63) is 39.9 Å². The van der Waals surface area contributed by atoms with Crippen LogP contribution in [-0.2, 0) is 14.4 Å². The van der Waals surface area contributed by atoms with E-state index in [2.05, 4.69) is 5.32 Å². The number of carboxylic acid groups (broad SMARTS) is 1. The van der Waals surface area contributed by atoms with Gasteiger partial charge in [-0.3, -0.25) is 14.4 Å². The Morgan fingerprint density at radius 1 is 1.26 bits per heavy atom. The van der Waals surface area contributed by atoms with E-state index in [1.54, 1.807) is 30.0 Å². The molecule has 2 amide bonds.